The molecule has 0 radical (unpaired) electrons. The van der Waals surface area contributed by atoms with Crippen LogP contribution in [0.2, 0.25) is 0 Å². The van der Waals surface area contributed by atoms with Crippen LogP contribution in [-0.4, -0.2) is 16.6 Å². The highest BCUT2D eigenvalue weighted by Gasteiger charge is 2.24. The monoisotopic (exact) mass is 305 g/mol. The number of furan rings is 1. The van der Waals surface area contributed by atoms with Crippen LogP contribution in [0.25, 0.3) is 0 Å². The minimum absolute atomic E-state index is 0.0675. The fourth-order valence-corrected chi connectivity index (χ4v) is 2.80. The highest BCUT2D eigenvalue weighted by Crippen LogP contribution is 2.25. The van der Waals surface area contributed by atoms with E-state index in [1.54, 1.807) is 12.1 Å². The Hall–Kier alpha value is -2.08. The molecule has 110 valence electrons. The normalized spacial score (nSPS) is 12.0. The van der Waals surface area contributed by atoms with E-state index in [0.717, 1.165) is 5.56 Å². The van der Waals surface area contributed by atoms with Crippen LogP contribution in [0.1, 0.15) is 23.7 Å². The van der Waals surface area contributed by atoms with Crippen molar-refractivity contribution in [1.82, 2.24) is 0 Å². The van der Waals surface area contributed by atoms with E-state index in [4.69, 9.17) is 4.42 Å². The number of hydrogen-bond donors (Lipinski definition) is 0. The highest BCUT2D eigenvalue weighted by molar-refractivity contribution is 8.12. The van der Waals surface area contributed by atoms with E-state index in [1.165, 1.54) is 18.0 Å². The predicted octanol–water partition coefficient (Wildman–Crippen LogP) is 3.49. The fourth-order valence-electron chi connectivity index (χ4n) is 1.96. The molecule has 21 heavy (non-hydrogen) atoms. The van der Waals surface area contributed by atoms with Gasteiger partial charge in [0.25, 0.3) is 0 Å². The Labute approximate surface area is 126 Å². The van der Waals surface area contributed by atoms with E-state index in [9.17, 15) is 14.9 Å². The number of carbonyl (C=O) groups excluding carboxylic acids is 1. The number of nitrogens with zero attached hydrogens (tertiary/aromatic N) is 1. The predicted molar refractivity (Wildman–Crippen MR) is 80.7 cm³/mol. The third-order valence-electron chi connectivity index (χ3n) is 2.97. The summed E-state index contributed by atoms with van der Waals surface area (Å²) in [7, 11) is 0. The number of carbonyl (C=O) groups is 1. The SMILES string of the molecule is O=C(C[C@H](C[N+](=O)[O-])c1ccco1)SCc1ccccc1. The topological polar surface area (TPSA) is 73.3 Å². The molecule has 2 aromatic rings. The molecule has 0 aliphatic rings. The molecule has 0 N–H and O–H groups in total. The first-order valence-corrected chi connectivity index (χ1v) is 7.48. The zero-order valence-corrected chi connectivity index (χ0v) is 12.1. The van der Waals surface area contributed by atoms with Crippen molar-refractivity contribution in [3.8, 4) is 0 Å². The highest BCUT2D eigenvalue weighted by atomic mass is 32.2. The number of benzene rings is 1. The summed E-state index contributed by atoms with van der Waals surface area (Å²) in [5.41, 5.74) is 1.06. The lowest BCUT2D eigenvalue weighted by molar-refractivity contribution is -0.483. The summed E-state index contributed by atoms with van der Waals surface area (Å²) in [6.45, 7) is -0.300. The van der Waals surface area contributed by atoms with Crippen molar-refractivity contribution in [2.24, 2.45) is 0 Å². The van der Waals surface area contributed by atoms with Crippen LogP contribution >= 0.6 is 11.8 Å². The molecule has 0 bridgehead atoms. The Morgan fingerprint density at radius 3 is 2.62 bits per heavy atom. The van der Waals surface area contributed by atoms with Gasteiger partial charge in [-0.05, 0) is 17.7 Å². The van der Waals surface area contributed by atoms with Crippen LogP contribution < -0.4 is 0 Å². The third kappa shape index (κ3) is 5.07. The van der Waals surface area contributed by atoms with E-state index in [0.29, 0.717) is 11.5 Å². The van der Waals surface area contributed by atoms with Crippen molar-refractivity contribution in [1.29, 1.82) is 0 Å². The Morgan fingerprint density at radius 2 is 2.00 bits per heavy atom. The average molecular weight is 305 g/mol. The molecule has 0 amide bonds. The van der Waals surface area contributed by atoms with Gasteiger partial charge in [0.05, 0.1) is 12.2 Å². The Bertz CT molecular complexity index is 583. The molecule has 0 unspecified atom stereocenters. The molecular weight excluding hydrogens is 290 g/mol. The maximum absolute atomic E-state index is 12.0. The number of hydrogen-bond acceptors (Lipinski definition) is 5. The van der Waals surface area contributed by atoms with E-state index in [2.05, 4.69) is 0 Å². The van der Waals surface area contributed by atoms with Crippen molar-refractivity contribution in [2.45, 2.75) is 18.1 Å². The lowest BCUT2D eigenvalue weighted by Crippen LogP contribution is -2.15. The zero-order valence-electron chi connectivity index (χ0n) is 11.3. The molecule has 5 nitrogen and oxygen atoms in total. The standard InChI is InChI=1S/C15H15NO4S/c17-15(21-11-12-5-2-1-3-6-12)9-13(10-16(18)19)14-7-4-8-20-14/h1-8,13H,9-11H2/t13-/m1/s1. The fraction of sp³-hybridized carbons (Fsp3) is 0.267. The van der Waals surface area contributed by atoms with E-state index < -0.39 is 10.8 Å². The van der Waals surface area contributed by atoms with Gasteiger partial charge in [0.15, 0.2) is 5.12 Å². The van der Waals surface area contributed by atoms with E-state index >= 15 is 0 Å². The molecule has 2 rings (SSSR count). The van der Waals surface area contributed by atoms with Gasteiger partial charge < -0.3 is 4.42 Å². The lowest BCUT2D eigenvalue weighted by Gasteiger charge is -2.09. The molecule has 0 spiro atoms. The number of thioether (sulfide) groups is 1. The van der Waals surface area contributed by atoms with E-state index in [-0.39, 0.29) is 18.1 Å². The molecule has 0 saturated heterocycles. The molecule has 6 heteroatoms. The van der Waals surface area contributed by atoms with Crippen molar-refractivity contribution in [3.63, 3.8) is 0 Å². The summed E-state index contributed by atoms with van der Waals surface area (Å²) < 4.78 is 5.19. The quantitative estimate of drug-likeness (QED) is 0.578. The van der Waals surface area contributed by atoms with Crippen LogP contribution in [-0.2, 0) is 10.5 Å². The summed E-state index contributed by atoms with van der Waals surface area (Å²) in [6.07, 6.45) is 1.57. The summed E-state index contributed by atoms with van der Waals surface area (Å²) in [5.74, 6) is 0.550. The molecule has 1 atom stereocenters. The van der Waals surface area contributed by atoms with Crippen LogP contribution in [0, 0.1) is 10.1 Å². The van der Waals surface area contributed by atoms with Crippen LogP contribution in [0.4, 0.5) is 0 Å². The van der Waals surface area contributed by atoms with Gasteiger partial charge in [-0.15, -0.1) is 0 Å². The first-order valence-electron chi connectivity index (χ1n) is 6.50. The maximum Gasteiger partial charge on any atom is 0.214 e. The minimum atomic E-state index is -0.509. The lowest BCUT2D eigenvalue weighted by atomic mass is 10.0. The Morgan fingerprint density at radius 1 is 1.24 bits per heavy atom. The van der Waals surface area contributed by atoms with Crippen molar-refractivity contribution >= 4 is 16.9 Å². The van der Waals surface area contributed by atoms with Gasteiger partial charge in [0, 0.05) is 17.1 Å². The molecule has 0 fully saturated rings. The largest absolute Gasteiger partial charge is 0.469 e. The molecule has 0 saturated carbocycles. The molecular formula is C15H15NO4S. The second-order valence-corrected chi connectivity index (χ2v) is 5.61. The van der Waals surface area contributed by atoms with Gasteiger partial charge in [-0.3, -0.25) is 14.9 Å². The van der Waals surface area contributed by atoms with Gasteiger partial charge in [-0.2, -0.15) is 0 Å². The molecule has 1 aromatic carbocycles. The Balaban J connectivity index is 1.90. The van der Waals surface area contributed by atoms with Gasteiger partial charge in [0.1, 0.15) is 5.76 Å². The molecule has 1 heterocycles. The van der Waals surface area contributed by atoms with Crippen LogP contribution in [0.3, 0.4) is 0 Å². The zero-order chi connectivity index (χ0) is 15.1. The number of rotatable bonds is 7. The van der Waals surface area contributed by atoms with Gasteiger partial charge in [-0.1, -0.05) is 42.1 Å². The van der Waals surface area contributed by atoms with Crippen molar-refractivity contribution < 1.29 is 14.1 Å². The molecule has 0 aliphatic carbocycles. The van der Waals surface area contributed by atoms with E-state index in [1.807, 2.05) is 30.3 Å². The first-order chi connectivity index (χ1) is 10.1. The second kappa shape index (κ2) is 7.64. The minimum Gasteiger partial charge on any atom is -0.469 e. The summed E-state index contributed by atoms with van der Waals surface area (Å²) in [6, 6.07) is 13.0. The van der Waals surface area contributed by atoms with Gasteiger partial charge in [0.2, 0.25) is 6.54 Å². The van der Waals surface area contributed by atoms with Crippen molar-refractivity contribution in [2.75, 3.05) is 6.54 Å². The second-order valence-electron chi connectivity index (χ2n) is 4.58. The summed E-state index contributed by atoms with van der Waals surface area (Å²) in [5, 5.41) is 10.6. The van der Waals surface area contributed by atoms with Crippen LogP contribution in [0.5, 0.6) is 0 Å². The maximum atomic E-state index is 12.0. The molecule has 0 aliphatic heterocycles. The Kier molecular flexibility index (Phi) is 5.57. The van der Waals surface area contributed by atoms with Crippen LogP contribution in [0.15, 0.2) is 53.1 Å². The molecule has 1 aromatic heterocycles. The summed E-state index contributed by atoms with van der Waals surface area (Å²) in [4.78, 5) is 22.3. The van der Waals surface area contributed by atoms with Crippen molar-refractivity contribution in [3.05, 3.63) is 70.2 Å². The van der Waals surface area contributed by atoms with Gasteiger partial charge >= 0.3 is 0 Å². The first kappa shape index (κ1) is 15.3. The summed E-state index contributed by atoms with van der Waals surface area (Å²) >= 11 is 1.18. The smallest absolute Gasteiger partial charge is 0.214 e. The average Bonchev–Trinajstić information content (AvgIpc) is 2.99. The third-order valence-corrected chi connectivity index (χ3v) is 3.94. The number of nitro groups is 1. The van der Waals surface area contributed by atoms with Gasteiger partial charge in [-0.25, -0.2) is 0 Å².